The summed E-state index contributed by atoms with van der Waals surface area (Å²) in [5.41, 5.74) is 2.31. The van der Waals surface area contributed by atoms with E-state index in [-0.39, 0.29) is 18.2 Å². The van der Waals surface area contributed by atoms with E-state index in [1.165, 1.54) is 0 Å². The van der Waals surface area contributed by atoms with Gasteiger partial charge in [-0.3, -0.25) is 0 Å². The molecule has 1 aromatic rings. The Labute approximate surface area is 120 Å². The monoisotopic (exact) mass is 274 g/mol. The summed E-state index contributed by atoms with van der Waals surface area (Å²) in [5.74, 6) is 5.88. The van der Waals surface area contributed by atoms with Crippen molar-refractivity contribution in [2.75, 3.05) is 11.9 Å². The molecular weight excluding hydrogens is 252 g/mol. The van der Waals surface area contributed by atoms with Crippen LogP contribution in [0.3, 0.4) is 0 Å². The third kappa shape index (κ3) is 5.77. The molecule has 0 saturated heterocycles. The van der Waals surface area contributed by atoms with Gasteiger partial charge in [0.1, 0.15) is 0 Å². The first-order valence-electron chi connectivity index (χ1n) is 6.61. The smallest absolute Gasteiger partial charge is 0.319 e. The van der Waals surface area contributed by atoms with Gasteiger partial charge in [-0.1, -0.05) is 17.9 Å². The first-order valence-corrected chi connectivity index (χ1v) is 6.61. The Morgan fingerprint density at radius 3 is 2.65 bits per heavy atom. The van der Waals surface area contributed by atoms with Crippen LogP contribution in [0.25, 0.3) is 0 Å². The van der Waals surface area contributed by atoms with Crippen molar-refractivity contribution < 1.29 is 9.90 Å². The van der Waals surface area contributed by atoms with Gasteiger partial charge in [-0.2, -0.15) is 0 Å². The normalized spacial score (nSPS) is 10.4. The number of carbonyl (C=O) groups is 1. The number of urea groups is 1. The molecule has 0 aliphatic rings. The van der Waals surface area contributed by atoms with Crippen LogP contribution in [0.1, 0.15) is 38.3 Å². The maximum atomic E-state index is 11.8. The Kier molecular flexibility index (Phi) is 5.60. The van der Waals surface area contributed by atoms with E-state index in [1.54, 1.807) is 0 Å². The molecule has 0 unspecified atom stereocenters. The minimum atomic E-state index is -0.279. The van der Waals surface area contributed by atoms with Gasteiger partial charge in [-0.25, -0.2) is 4.79 Å². The first kappa shape index (κ1) is 16.1. The van der Waals surface area contributed by atoms with Crippen LogP contribution in [0.2, 0.25) is 0 Å². The number of aliphatic hydroxyl groups is 1. The third-order valence-electron chi connectivity index (χ3n) is 2.44. The summed E-state index contributed by atoms with van der Waals surface area (Å²) in [7, 11) is 0. The molecule has 0 saturated carbocycles. The molecule has 20 heavy (non-hydrogen) atoms. The summed E-state index contributed by atoms with van der Waals surface area (Å²) < 4.78 is 0. The number of nitrogens with one attached hydrogen (secondary N) is 2. The molecule has 0 atom stereocenters. The summed E-state index contributed by atoms with van der Waals surface area (Å²) in [5, 5.41) is 14.4. The highest BCUT2D eigenvalue weighted by Crippen LogP contribution is 2.14. The SMILES string of the molecule is Cc1ccc(NC(=O)NC(C)(C)C)cc1C#CCCO. The zero-order valence-electron chi connectivity index (χ0n) is 12.5. The van der Waals surface area contributed by atoms with E-state index in [9.17, 15) is 4.79 Å². The second kappa shape index (κ2) is 6.97. The maximum Gasteiger partial charge on any atom is 0.319 e. The average Bonchev–Trinajstić information content (AvgIpc) is 2.31. The van der Waals surface area contributed by atoms with Gasteiger partial charge in [0, 0.05) is 23.2 Å². The Bertz CT molecular complexity index is 534. The van der Waals surface area contributed by atoms with Crippen molar-refractivity contribution in [2.45, 2.75) is 39.7 Å². The van der Waals surface area contributed by atoms with Crippen molar-refractivity contribution in [3.05, 3.63) is 29.3 Å². The minimum Gasteiger partial charge on any atom is -0.395 e. The molecule has 0 aromatic heterocycles. The van der Waals surface area contributed by atoms with Gasteiger partial charge in [-0.05, 0) is 45.4 Å². The molecule has 0 radical (unpaired) electrons. The van der Waals surface area contributed by atoms with Crippen molar-refractivity contribution in [1.29, 1.82) is 0 Å². The van der Waals surface area contributed by atoms with Crippen molar-refractivity contribution >= 4 is 11.7 Å². The molecule has 4 heteroatoms. The lowest BCUT2D eigenvalue weighted by Crippen LogP contribution is -2.43. The molecule has 4 nitrogen and oxygen atoms in total. The second-order valence-corrected chi connectivity index (χ2v) is 5.63. The topological polar surface area (TPSA) is 61.4 Å². The summed E-state index contributed by atoms with van der Waals surface area (Å²) in [6.45, 7) is 7.79. The Morgan fingerprint density at radius 1 is 1.35 bits per heavy atom. The fraction of sp³-hybridized carbons (Fsp3) is 0.438. The molecule has 0 fully saturated rings. The van der Waals surface area contributed by atoms with Crippen LogP contribution in [0.5, 0.6) is 0 Å². The van der Waals surface area contributed by atoms with Crippen LogP contribution in [-0.4, -0.2) is 23.3 Å². The number of carbonyl (C=O) groups excluding carboxylic acids is 1. The fourth-order valence-corrected chi connectivity index (χ4v) is 1.55. The number of aryl methyl sites for hydroxylation is 1. The molecule has 1 aromatic carbocycles. The zero-order valence-corrected chi connectivity index (χ0v) is 12.5. The number of hydrogen-bond acceptors (Lipinski definition) is 2. The van der Waals surface area contributed by atoms with E-state index in [1.807, 2.05) is 45.9 Å². The van der Waals surface area contributed by atoms with Gasteiger partial charge in [0.05, 0.1) is 6.61 Å². The van der Waals surface area contributed by atoms with Crippen LogP contribution in [-0.2, 0) is 0 Å². The Morgan fingerprint density at radius 2 is 2.05 bits per heavy atom. The van der Waals surface area contributed by atoms with Crippen molar-refractivity contribution in [1.82, 2.24) is 5.32 Å². The molecule has 1 rings (SSSR count). The van der Waals surface area contributed by atoms with Gasteiger partial charge < -0.3 is 15.7 Å². The summed E-state index contributed by atoms with van der Waals surface area (Å²) in [4.78, 5) is 11.8. The number of rotatable bonds is 2. The third-order valence-corrected chi connectivity index (χ3v) is 2.44. The first-order chi connectivity index (χ1) is 9.31. The molecular formula is C16H22N2O2. The van der Waals surface area contributed by atoms with Crippen molar-refractivity contribution in [3.8, 4) is 11.8 Å². The number of aliphatic hydroxyl groups excluding tert-OH is 1. The lowest BCUT2D eigenvalue weighted by Gasteiger charge is -2.20. The van der Waals surface area contributed by atoms with Crippen molar-refractivity contribution in [2.24, 2.45) is 0 Å². The number of hydrogen-bond donors (Lipinski definition) is 3. The van der Waals surface area contributed by atoms with Crippen molar-refractivity contribution in [3.63, 3.8) is 0 Å². The van der Waals surface area contributed by atoms with Crippen LogP contribution in [0.4, 0.5) is 10.5 Å². The second-order valence-electron chi connectivity index (χ2n) is 5.63. The molecule has 0 aliphatic carbocycles. The lowest BCUT2D eigenvalue weighted by molar-refractivity contribution is 0.244. The minimum absolute atomic E-state index is 0.0535. The predicted octanol–water partition coefficient (Wildman–Crippen LogP) is 2.65. The average molecular weight is 274 g/mol. The largest absolute Gasteiger partial charge is 0.395 e. The lowest BCUT2D eigenvalue weighted by atomic mass is 10.1. The highest BCUT2D eigenvalue weighted by molar-refractivity contribution is 5.90. The Balaban J connectivity index is 2.80. The summed E-state index contributed by atoms with van der Waals surface area (Å²) in [6.07, 6.45) is 0.446. The highest BCUT2D eigenvalue weighted by atomic mass is 16.2. The molecule has 3 N–H and O–H groups in total. The van der Waals surface area contributed by atoms with Crippen LogP contribution in [0, 0.1) is 18.8 Å². The van der Waals surface area contributed by atoms with Gasteiger partial charge in [-0.15, -0.1) is 0 Å². The number of anilines is 1. The van der Waals surface area contributed by atoms with Crippen LogP contribution < -0.4 is 10.6 Å². The molecule has 2 amide bonds. The van der Waals surface area contributed by atoms with E-state index in [0.29, 0.717) is 12.1 Å². The predicted molar refractivity (Wildman–Crippen MR) is 81.7 cm³/mol. The summed E-state index contributed by atoms with van der Waals surface area (Å²) >= 11 is 0. The quantitative estimate of drug-likeness (QED) is 0.726. The van der Waals surface area contributed by atoms with Crippen LogP contribution in [0.15, 0.2) is 18.2 Å². The maximum absolute atomic E-state index is 11.8. The molecule has 108 valence electrons. The van der Waals surface area contributed by atoms with Crippen LogP contribution >= 0.6 is 0 Å². The van der Waals surface area contributed by atoms with E-state index >= 15 is 0 Å². The van der Waals surface area contributed by atoms with Gasteiger partial charge in [0.2, 0.25) is 0 Å². The number of amides is 2. The molecule has 0 heterocycles. The van der Waals surface area contributed by atoms with Gasteiger partial charge in [0.25, 0.3) is 0 Å². The van der Waals surface area contributed by atoms with E-state index in [0.717, 1.165) is 11.1 Å². The van der Waals surface area contributed by atoms with Gasteiger partial charge in [0.15, 0.2) is 0 Å². The molecule has 0 spiro atoms. The van der Waals surface area contributed by atoms with E-state index in [4.69, 9.17) is 5.11 Å². The number of benzene rings is 1. The van der Waals surface area contributed by atoms with E-state index in [2.05, 4.69) is 22.5 Å². The fourth-order valence-electron chi connectivity index (χ4n) is 1.55. The Hall–Kier alpha value is -1.99. The van der Waals surface area contributed by atoms with E-state index < -0.39 is 0 Å². The molecule has 0 aliphatic heterocycles. The zero-order chi connectivity index (χ0) is 15.2. The highest BCUT2D eigenvalue weighted by Gasteiger charge is 2.13. The summed E-state index contributed by atoms with van der Waals surface area (Å²) in [6, 6.07) is 5.35. The standard InChI is InChI=1S/C16H22N2O2/c1-12-8-9-14(11-13(12)7-5-6-10-19)17-15(20)18-16(2,3)4/h8-9,11,19H,6,10H2,1-4H3,(H2,17,18,20). The molecule has 0 bridgehead atoms. The van der Waals surface area contributed by atoms with Gasteiger partial charge >= 0.3 is 6.03 Å².